The van der Waals surface area contributed by atoms with Crippen LogP contribution in [0.25, 0.3) is 11.3 Å². The van der Waals surface area contributed by atoms with Gasteiger partial charge >= 0.3 is 0 Å². The summed E-state index contributed by atoms with van der Waals surface area (Å²) in [6.07, 6.45) is -0.0423. The van der Waals surface area contributed by atoms with E-state index < -0.39 is 11.9 Å². The average molecular weight is 424 g/mol. The topological polar surface area (TPSA) is 119 Å². The van der Waals surface area contributed by atoms with Crippen molar-refractivity contribution < 1.29 is 14.4 Å². The number of primary amides is 1. The predicted molar refractivity (Wildman–Crippen MR) is 113 cm³/mol. The molecule has 0 fully saturated rings. The first-order valence-electron chi connectivity index (χ1n) is 9.19. The molecular weight excluding hydrogens is 406 g/mol. The zero-order chi connectivity index (χ0) is 21.4. The van der Waals surface area contributed by atoms with Gasteiger partial charge in [0.1, 0.15) is 11.9 Å². The fourth-order valence-corrected chi connectivity index (χ4v) is 3.49. The number of hydrogen-bond donors (Lipinski definition) is 3. The van der Waals surface area contributed by atoms with Crippen molar-refractivity contribution in [2.24, 2.45) is 5.73 Å². The Hall–Kier alpha value is -3.65. The van der Waals surface area contributed by atoms with E-state index in [1.165, 1.54) is 16.8 Å². The molecule has 0 aliphatic carbocycles. The van der Waals surface area contributed by atoms with Gasteiger partial charge in [0, 0.05) is 27.4 Å². The molecule has 0 saturated heterocycles. The lowest BCUT2D eigenvalue weighted by molar-refractivity contribution is -0.125. The van der Waals surface area contributed by atoms with Gasteiger partial charge in [0.2, 0.25) is 17.7 Å². The molecule has 0 saturated carbocycles. The lowest BCUT2D eigenvalue weighted by Gasteiger charge is -2.24. The Morgan fingerprint density at radius 2 is 1.83 bits per heavy atom. The molecule has 2 aromatic carbocycles. The number of nitrogens with one attached hydrogen (secondary N) is 2. The molecule has 1 aliphatic rings. The second kappa shape index (κ2) is 7.64. The van der Waals surface area contributed by atoms with E-state index in [-0.39, 0.29) is 18.2 Å². The SMILES string of the molecule is Cc1c(-c2ccc(Cl)cc2)nn2c1NC(=O)CC2C(=O)Nc1ccc(C(N)=O)cc1. The van der Waals surface area contributed by atoms with Crippen molar-refractivity contribution in [2.75, 3.05) is 10.6 Å². The minimum Gasteiger partial charge on any atom is -0.366 e. The second-order valence-corrected chi connectivity index (χ2v) is 7.41. The van der Waals surface area contributed by atoms with Gasteiger partial charge in [0.05, 0.1) is 12.1 Å². The number of carbonyl (C=O) groups is 3. The number of aromatic nitrogens is 2. The molecule has 0 radical (unpaired) electrons. The molecule has 4 rings (SSSR count). The number of fused-ring (bicyclic) bond motifs is 1. The Kier molecular flexibility index (Phi) is 5.01. The van der Waals surface area contributed by atoms with Gasteiger partial charge in [-0.3, -0.25) is 14.4 Å². The summed E-state index contributed by atoms with van der Waals surface area (Å²) in [6.45, 7) is 1.84. The fraction of sp³-hybridized carbons (Fsp3) is 0.143. The van der Waals surface area contributed by atoms with Gasteiger partial charge in [-0.1, -0.05) is 23.7 Å². The van der Waals surface area contributed by atoms with Crippen LogP contribution in [0.2, 0.25) is 5.02 Å². The monoisotopic (exact) mass is 423 g/mol. The Bertz CT molecular complexity index is 1150. The Balaban J connectivity index is 1.65. The minimum absolute atomic E-state index is 0.0423. The van der Waals surface area contributed by atoms with Gasteiger partial charge in [-0.2, -0.15) is 5.10 Å². The molecule has 1 atom stereocenters. The summed E-state index contributed by atoms with van der Waals surface area (Å²) >= 11 is 5.97. The van der Waals surface area contributed by atoms with Gasteiger partial charge in [0.15, 0.2) is 0 Å². The second-order valence-electron chi connectivity index (χ2n) is 6.97. The first-order valence-corrected chi connectivity index (χ1v) is 9.57. The van der Waals surface area contributed by atoms with E-state index in [9.17, 15) is 14.4 Å². The molecule has 152 valence electrons. The number of benzene rings is 2. The molecule has 1 aromatic heterocycles. The maximum Gasteiger partial charge on any atom is 0.249 e. The molecule has 30 heavy (non-hydrogen) atoms. The molecule has 0 bridgehead atoms. The smallest absolute Gasteiger partial charge is 0.249 e. The highest BCUT2D eigenvalue weighted by Crippen LogP contribution is 2.34. The van der Waals surface area contributed by atoms with E-state index in [1.54, 1.807) is 24.3 Å². The van der Waals surface area contributed by atoms with Crippen LogP contribution >= 0.6 is 11.6 Å². The Morgan fingerprint density at radius 3 is 2.47 bits per heavy atom. The van der Waals surface area contributed by atoms with E-state index in [0.717, 1.165) is 11.1 Å². The maximum atomic E-state index is 12.9. The summed E-state index contributed by atoms with van der Waals surface area (Å²) in [7, 11) is 0. The quantitative estimate of drug-likeness (QED) is 0.597. The van der Waals surface area contributed by atoms with Crippen molar-refractivity contribution in [2.45, 2.75) is 19.4 Å². The van der Waals surface area contributed by atoms with Crippen LogP contribution < -0.4 is 16.4 Å². The molecule has 2 heterocycles. The molecule has 8 nitrogen and oxygen atoms in total. The third kappa shape index (κ3) is 3.65. The summed E-state index contributed by atoms with van der Waals surface area (Å²) in [5, 5.41) is 10.8. The number of anilines is 2. The van der Waals surface area contributed by atoms with Crippen LogP contribution in [-0.2, 0) is 9.59 Å². The normalized spacial score (nSPS) is 15.3. The number of nitrogens with two attached hydrogens (primary N) is 1. The number of rotatable bonds is 4. The van der Waals surface area contributed by atoms with Gasteiger partial charge in [-0.15, -0.1) is 0 Å². The highest BCUT2D eigenvalue weighted by atomic mass is 35.5. The van der Waals surface area contributed by atoms with Crippen LogP contribution in [-0.4, -0.2) is 27.5 Å². The molecule has 3 amide bonds. The highest BCUT2D eigenvalue weighted by molar-refractivity contribution is 6.30. The summed E-state index contributed by atoms with van der Waals surface area (Å²) in [4.78, 5) is 36.4. The van der Waals surface area contributed by atoms with Gasteiger partial charge in [-0.25, -0.2) is 4.68 Å². The van der Waals surface area contributed by atoms with Crippen LogP contribution in [0.5, 0.6) is 0 Å². The Morgan fingerprint density at radius 1 is 1.17 bits per heavy atom. The van der Waals surface area contributed by atoms with E-state index in [4.69, 9.17) is 17.3 Å². The molecule has 3 aromatic rings. The lowest BCUT2D eigenvalue weighted by atomic mass is 10.1. The molecule has 9 heteroatoms. The summed E-state index contributed by atoms with van der Waals surface area (Å²) in [5.41, 5.74) is 8.30. The third-order valence-corrected chi connectivity index (χ3v) is 5.19. The van der Waals surface area contributed by atoms with Crippen molar-refractivity contribution in [3.8, 4) is 11.3 Å². The van der Waals surface area contributed by atoms with Crippen LogP contribution in [0, 0.1) is 6.92 Å². The third-order valence-electron chi connectivity index (χ3n) is 4.94. The molecule has 4 N–H and O–H groups in total. The summed E-state index contributed by atoms with van der Waals surface area (Å²) in [5.74, 6) is -0.718. The van der Waals surface area contributed by atoms with Crippen LogP contribution in [0.15, 0.2) is 48.5 Å². The largest absolute Gasteiger partial charge is 0.366 e. The van der Waals surface area contributed by atoms with Gasteiger partial charge < -0.3 is 16.4 Å². The number of nitrogens with zero attached hydrogens (tertiary/aromatic N) is 2. The van der Waals surface area contributed by atoms with Crippen molar-refractivity contribution in [3.05, 3.63) is 64.7 Å². The summed E-state index contributed by atoms with van der Waals surface area (Å²) in [6, 6.07) is 12.6. The summed E-state index contributed by atoms with van der Waals surface area (Å²) < 4.78 is 1.54. The van der Waals surface area contributed by atoms with Crippen LogP contribution in [0.1, 0.15) is 28.4 Å². The van der Waals surface area contributed by atoms with Gasteiger partial charge in [0.25, 0.3) is 0 Å². The van der Waals surface area contributed by atoms with Crippen molar-refractivity contribution in [3.63, 3.8) is 0 Å². The zero-order valence-corrected chi connectivity index (χ0v) is 16.7. The molecule has 1 unspecified atom stereocenters. The lowest BCUT2D eigenvalue weighted by Crippen LogP contribution is -2.35. The molecule has 0 spiro atoms. The fourth-order valence-electron chi connectivity index (χ4n) is 3.37. The Labute approximate surface area is 177 Å². The van der Waals surface area contributed by atoms with Crippen LogP contribution in [0.4, 0.5) is 11.5 Å². The van der Waals surface area contributed by atoms with E-state index in [2.05, 4.69) is 15.7 Å². The number of halogens is 1. The van der Waals surface area contributed by atoms with E-state index >= 15 is 0 Å². The molecular formula is C21H18ClN5O3. The molecule has 1 aliphatic heterocycles. The van der Waals surface area contributed by atoms with Crippen molar-refractivity contribution >= 4 is 40.8 Å². The first kappa shape index (κ1) is 19.7. The number of hydrogen-bond acceptors (Lipinski definition) is 4. The standard InChI is InChI=1S/C21H18ClN5O3/c1-11-18(12-2-6-14(22)7-3-12)26-27-16(10-17(28)25-20(11)27)21(30)24-15-8-4-13(5-9-15)19(23)29/h2-9,16H,10H2,1H3,(H2,23,29)(H,24,30)(H,25,28). The van der Waals surface area contributed by atoms with Crippen molar-refractivity contribution in [1.82, 2.24) is 9.78 Å². The predicted octanol–water partition coefficient (Wildman–Crippen LogP) is 3.13. The van der Waals surface area contributed by atoms with Crippen LogP contribution in [0.3, 0.4) is 0 Å². The number of carbonyl (C=O) groups excluding carboxylic acids is 3. The van der Waals surface area contributed by atoms with Gasteiger partial charge in [-0.05, 0) is 43.3 Å². The minimum atomic E-state index is -0.815. The average Bonchev–Trinajstić information content (AvgIpc) is 3.05. The zero-order valence-electron chi connectivity index (χ0n) is 16.0. The maximum absolute atomic E-state index is 12.9. The first-order chi connectivity index (χ1) is 14.3. The van der Waals surface area contributed by atoms with E-state index in [1.807, 2.05) is 19.1 Å². The number of amides is 3. The van der Waals surface area contributed by atoms with Crippen molar-refractivity contribution in [1.29, 1.82) is 0 Å². The highest BCUT2D eigenvalue weighted by Gasteiger charge is 2.34. The van der Waals surface area contributed by atoms with E-state index in [0.29, 0.717) is 27.8 Å².